The molecule has 0 aliphatic carbocycles. The van der Waals surface area contributed by atoms with Crippen LogP contribution in [-0.2, 0) is 6.18 Å². The van der Waals surface area contributed by atoms with Gasteiger partial charge in [0, 0.05) is 38.5 Å². The maximum Gasteiger partial charge on any atom is 0.416 e. The number of alkyl halides is 3. The Balaban J connectivity index is 1.56. The fraction of sp³-hybridized carbons (Fsp3) is 0.0690. The predicted molar refractivity (Wildman–Crippen MR) is 143 cm³/mol. The molecular weight excluding hydrogens is 595 g/mol. The Kier molecular flexibility index (Phi) is 6.28. The summed E-state index contributed by atoms with van der Waals surface area (Å²) in [5.74, 6) is -3.80. The van der Waals surface area contributed by atoms with Crippen LogP contribution in [0.15, 0.2) is 67.0 Å². The number of carbonyl (C=O) groups excluding carboxylic acids is 2. The topological polar surface area (TPSA) is 112 Å². The number of pyridine rings is 1. The van der Waals surface area contributed by atoms with Gasteiger partial charge in [-0.05, 0) is 66.2 Å². The van der Waals surface area contributed by atoms with Crippen LogP contribution in [0.25, 0.3) is 16.8 Å². The average Bonchev–Trinajstić information content (AvgIpc) is 3.51. The SMILES string of the molecule is [2H]c1nc2ccc(-c3cc(NC(=O)c4cc(F)cc(C(F)(F)F)c4)c4c(c3)C(=O)NC4c3cc(F)ccc3Cl)c(C#N)n2n1. The highest BCUT2D eigenvalue weighted by Gasteiger charge is 2.36. The molecule has 214 valence electrons. The van der Waals surface area contributed by atoms with Gasteiger partial charge in [0.1, 0.15) is 25.4 Å². The maximum atomic E-state index is 14.3. The van der Waals surface area contributed by atoms with Crippen LogP contribution in [-0.4, -0.2) is 26.4 Å². The molecule has 2 N–H and O–H groups in total. The predicted octanol–water partition coefficient (Wildman–Crippen LogP) is 6.30. The number of nitriles is 1. The van der Waals surface area contributed by atoms with Crippen molar-refractivity contribution in [3.05, 3.63) is 117 Å². The molecule has 1 aliphatic heterocycles. The van der Waals surface area contributed by atoms with E-state index in [0.717, 1.165) is 16.6 Å². The second kappa shape index (κ2) is 10.2. The summed E-state index contributed by atoms with van der Waals surface area (Å²) in [6.45, 7) is 0. The first-order valence-electron chi connectivity index (χ1n) is 12.7. The Bertz CT molecular complexity index is 2090. The standard InChI is InChI=1S/C29H14ClF5N6O2/c30-21-3-1-16(31)10-19(21)26-25-20(28(43)40-26)7-13(18-2-4-24-37-12-38-41(24)23(18)11-36)8-22(25)39-27(42)14-5-15(29(33,34)35)9-17(32)6-14/h1-10,12,26H,(H,39,42)(H,40,43)/i12D. The summed E-state index contributed by atoms with van der Waals surface area (Å²) in [6.07, 6.45) is -5.30. The summed E-state index contributed by atoms with van der Waals surface area (Å²) in [5, 5.41) is 19.0. The summed E-state index contributed by atoms with van der Waals surface area (Å²) in [7, 11) is 0. The third-order valence-corrected chi connectivity index (χ3v) is 7.15. The molecule has 0 saturated heterocycles. The number of hydrogen-bond donors (Lipinski definition) is 2. The van der Waals surface area contributed by atoms with Gasteiger partial charge in [0.2, 0.25) is 0 Å². The minimum absolute atomic E-state index is 0.0258. The third-order valence-electron chi connectivity index (χ3n) is 6.80. The molecule has 0 saturated carbocycles. The van der Waals surface area contributed by atoms with Crippen LogP contribution in [0.5, 0.6) is 0 Å². The van der Waals surface area contributed by atoms with Gasteiger partial charge in [-0.3, -0.25) is 9.59 Å². The number of aromatic nitrogens is 3. The van der Waals surface area contributed by atoms with Crippen molar-refractivity contribution in [1.82, 2.24) is 19.9 Å². The summed E-state index contributed by atoms with van der Waals surface area (Å²) >= 11 is 6.33. The fourth-order valence-electron chi connectivity index (χ4n) is 4.92. The molecule has 5 aromatic rings. The Labute approximate surface area is 244 Å². The van der Waals surface area contributed by atoms with Crippen molar-refractivity contribution in [3.63, 3.8) is 0 Å². The summed E-state index contributed by atoms with van der Waals surface area (Å²) in [4.78, 5) is 30.5. The van der Waals surface area contributed by atoms with E-state index in [0.29, 0.717) is 12.1 Å². The Morgan fingerprint density at radius 1 is 1.07 bits per heavy atom. The molecule has 2 aromatic heterocycles. The summed E-state index contributed by atoms with van der Waals surface area (Å²) in [6, 6.07) is 11.3. The van der Waals surface area contributed by atoms with E-state index in [4.69, 9.17) is 13.0 Å². The van der Waals surface area contributed by atoms with Crippen molar-refractivity contribution in [2.75, 3.05) is 5.32 Å². The summed E-state index contributed by atoms with van der Waals surface area (Å²) in [5.41, 5.74) is -1.48. The number of anilines is 1. The lowest BCUT2D eigenvalue weighted by atomic mass is 9.92. The first kappa shape index (κ1) is 26.5. The number of nitrogens with one attached hydrogen (secondary N) is 2. The molecule has 2 amide bonds. The van der Waals surface area contributed by atoms with Crippen LogP contribution in [0.3, 0.4) is 0 Å². The van der Waals surface area contributed by atoms with Crippen molar-refractivity contribution in [2.24, 2.45) is 0 Å². The number of carbonyl (C=O) groups is 2. The molecule has 1 atom stereocenters. The van der Waals surface area contributed by atoms with Crippen molar-refractivity contribution >= 4 is 34.7 Å². The van der Waals surface area contributed by atoms with Crippen molar-refractivity contribution in [1.29, 1.82) is 5.26 Å². The molecule has 3 heterocycles. The van der Waals surface area contributed by atoms with Gasteiger partial charge < -0.3 is 10.6 Å². The van der Waals surface area contributed by atoms with E-state index in [2.05, 4.69) is 20.7 Å². The van der Waals surface area contributed by atoms with E-state index >= 15 is 0 Å². The van der Waals surface area contributed by atoms with E-state index in [9.17, 15) is 36.8 Å². The lowest BCUT2D eigenvalue weighted by Gasteiger charge is -2.19. The molecular formula is C29H14ClF5N6O2. The number of benzene rings is 3. The zero-order valence-corrected chi connectivity index (χ0v) is 22.0. The van der Waals surface area contributed by atoms with Crippen LogP contribution < -0.4 is 10.6 Å². The molecule has 43 heavy (non-hydrogen) atoms. The van der Waals surface area contributed by atoms with Gasteiger partial charge in [0.15, 0.2) is 11.3 Å². The third kappa shape index (κ3) is 4.91. The highest BCUT2D eigenvalue weighted by molar-refractivity contribution is 6.31. The Morgan fingerprint density at radius 2 is 1.86 bits per heavy atom. The average molecular weight is 610 g/mol. The number of fused-ring (bicyclic) bond motifs is 2. The molecule has 0 spiro atoms. The smallest absolute Gasteiger partial charge is 0.341 e. The number of hydrogen-bond acceptors (Lipinski definition) is 5. The van der Waals surface area contributed by atoms with Crippen LogP contribution in [0, 0.1) is 23.0 Å². The quantitative estimate of drug-likeness (QED) is 0.232. The first-order valence-corrected chi connectivity index (χ1v) is 12.6. The first-order chi connectivity index (χ1) is 20.8. The van der Waals surface area contributed by atoms with Crippen molar-refractivity contribution < 1.29 is 32.9 Å². The Morgan fingerprint density at radius 3 is 2.60 bits per heavy atom. The number of nitrogens with zero attached hydrogens (tertiary/aromatic N) is 4. The van der Waals surface area contributed by atoms with E-state index in [1.54, 1.807) is 0 Å². The zero-order valence-electron chi connectivity index (χ0n) is 22.2. The molecule has 6 rings (SSSR count). The lowest BCUT2D eigenvalue weighted by Crippen LogP contribution is -2.21. The van der Waals surface area contributed by atoms with Gasteiger partial charge in [-0.25, -0.2) is 18.3 Å². The highest BCUT2D eigenvalue weighted by atomic mass is 35.5. The second-order valence-electron chi connectivity index (χ2n) is 9.43. The number of amides is 2. The maximum absolute atomic E-state index is 14.3. The summed E-state index contributed by atoms with van der Waals surface area (Å²) < 4.78 is 77.3. The van der Waals surface area contributed by atoms with E-state index in [1.807, 2.05) is 6.07 Å². The molecule has 0 bridgehead atoms. The van der Waals surface area contributed by atoms with Crippen LogP contribution >= 0.6 is 11.6 Å². The lowest BCUT2D eigenvalue weighted by molar-refractivity contribution is -0.137. The monoisotopic (exact) mass is 609 g/mol. The van der Waals surface area contributed by atoms with Crippen molar-refractivity contribution in [3.8, 4) is 17.2 Å². The largest absolute Gasteiger partial charge is 0.416 e. The number of rotatable bonds is 4. The van der Waals surface area contributed by atoms with E-state index in [-0.39, 0.29) is 62.2 Å². The molecule has 1 unspecified atom stereocenters. The fourth-order valence-corrected chi connectivity index (χ4v) is 5.15. The van der Waals surface area contributed by atoms with Gasteiger partial charge in [-0.15, -0.1) is 0 Å². The molecule has 0 fully saturated rings. The highest BCUT2D eigenvalue weighted by Crippen LogP contribution is 2.42. The molecule has 3 aromatic carbocycles. The van der Waals surface area contributed by atoms with E-state index < -0.39 is 46.8 Å². The van der Waals surface area contributed by atoms with E-state index in [1.165, 1.54) is 30.3 Å². The van der Waals surface area contributed by atoms with Gasteiger partial charge >= 0.3 is 6.18 Å². The van der Waals surface area contributed by atoms with Crippen LogP contribution in [0.2, 0.25) is 5.02 Å². The second-order valence-corrected chi connectivity index (χ2v) is 9.83. The van der Waals surface area contributed by atoms with Crippen LogP contribution in [0.4, 0.5) is 27.6 Å². The zero-order chi connectivity index (χ0) is 31.5. The number of halogens is 6. The minimum Gasteiger partial charge on any atom is -0.341 e. The molecule has 1 aliphatic rings. The molecule has 8 nitrogen and oxygen atoms in total. The van der Waals surface area contributed by atoms with Gasteiger partial charge in [-0.1, -0.05) is 11.6 Å². The van der Waals surface area contributed by atoms with Crippen LogP contribution in [0.1, 0.15) is 50.5 Å². The molecule has 14 heteroatoms. The van der Waals surface area contributed by atoms with Gasteiger partial charge in [-0.2, -0.15) is 23.5 Å². The van der Waals surface area contributed by atoms with Gasteiger partial charge in [0.25, 0.3) is 11.8 Å². The van der Waals surface area contributed by atoms with Gasteiger partial charge in [0.05, 0.1) is 11.6 Å². The minimum atomic E-state index is -4.94. The Hall–Kier alpha value is -5.35. The normalized spacial score (nSPS) is 14.7. The molecule has 0 radical (unpaired) electrons. The van der Waals surface area contributed by atoms with Crippen molar-refractivity contribution in [2.45, 2.75) is 12.2 Å².